The standard InChI is InChI=1S/C11H25NO2S/c1-9(2)12-8-11(5)6-7-15(13,14)10(3)4/h9-12H,6-8H2,1-5H3. The first kappa shape index (κ1) is 14.9. The van der Waals surface area contributed by atoms with Gasteiger partial charge in [0.15, 0.2) is 9.84 Å². The van der Waals surface area contributed by atoms with Gasteiger partial charge < -0.3 is 5.32 Å². The maximum atomic E-state index is 11.6. The Labute approximate surface area is 94.6 Å². The second kappa shape index (κ2) is 6.48. The summed E-state index contributed by atoms with van der Waals surface area (Å²) in [5, 5.41) is 3.07. The van der Waals surface area contributed by atoms with Gasteiger partial charge in [-0.1, -0.05) is 20.8 Å². The molecule has 0 saturated carbocycles. The van der Waals surface area contributed by atoms with Gasteiger partial charge in [0, 0.05) is 6.04 Å². The molecule has 1 unspecified atom stereocenters. The minimum Gasteiger partial charge on any atom is -0.314 e. The molecule has 0 aromatic rings. The highest BCUT2D eigenvalue weighted by atomic mass is 32.2. The van der Waals surface area contributed by atoms with Gasteiger partial charge in [-0.15, -0.1) is 0 Å². The zero-order valence-electron chi connectivity index (χ0n) is 10.6. The number of sulfone groups is 1. The molecule has 0 aromatic heterocycles. The molecule has 4 heteroatoms. The Morgan fingerprint density at radius 1 is 1.07 bits per heavy atom. The molecule has 0 spiro atoms. The van der Waals surface area contributed by atoms with Crippen LogP contribution in [-0.4, -0.2) is 32.0 Å². The van der Waals surface area contributed by atoms with Crippen LogP contribution in [0.5, 0.6) is 0 Å². The zero-order chi connectivity index (χ0) is 12.1. The molecule has 3 nitrogen and oxygen atoms in total. The van der Waals surface area contributed by atoms with Crippen molar-refractivity contribution in [3.63, 3.8) is 0 Å². The molecule has 0 heterocycles. The molecule has 0 aromatic carbocycles. The molecule has 0 fully saturated rings. The van der Waals surface area contributed by atoms with E-state index >= 15 is 0 Å². The first-order valence-corrected chi connectivity index (χ1v) is 7.42. The lowest BCUT2D eigenvalue weighted by atomic mass is 10.1. The molecule has 92 valence electrons. The number of hydrogen-bond acceptors (Lipinski definition) is 3. The summed E-state index contributed by atoms with van der Waals surface area (Å²) in [5.74, 6) is 0.729. The van der Waals surface area contributed by atoms with Crippen molar-refractivity contribution in [1.29, 1.82) is 0 Å². The average Bonchev–Trinajstić information content (AvgIpc) is 2.11. The van der Waals surface area contributed by atoms with Gasteiger partial charge in [0.2, 0.25) is 0 Å². The highest BCUT2D eigenvalue weighted by Gasteiger charge is 2.17. The number of nitrogens with one attached hydrogen (secondary N) is 1. The van der Waals surface area contributed by atoms with Gasteiger partial charge in [0.1, 0.15) is 0 Å². The van der Waals surface area contributed by atoms with E-state index in [1.807, 2.05) is 0 Å². The maximum Gasteiger partial charge on any atom is 0.152 e. The molecular weight excluding hydrogens is 210 g/mol. The maximum absolute atomic E-state index is 11.6. The monoisotopic (exact) mass is 235 g/mol. The van der Waals surface area contributed by atoms with Gasteiger partial charge in [0.25, 0.3) is 0 Å². The minimum absolute atomic E-state index is 0.247. The molecular formula is C11H25NO2S. The van der Waals surface area contributed by atoms with Crippen molar-refractivity contribution in [2.24, 2.45) is 5.92 Å². The van der Waals surface area contributed by atoms with Crippen molar-refractivity contribution in [1.82, 2.24) is 5.32 Å². The zero-order valence-corrected chi connectivity index (χ0v) is 11.4. The molecule has 0 aliphatic heterocycles. The van der Waals surface area contributed by atoms with Crippen molar-refractivity contribution < 1.29 is 8.42 Å². The summed E-state index contributed by atoms with van der Waals surface area (Å²) in [4.78, 5) is 0. The molecule has 0 aliphatic carbocycles. The smallest absolute Gasteiger partial charge is 0.152 e. The Bertz CT molecular complexity index is 258. The van der Waals surface area contributed by atoms with E-state index in [0.29, 0.717) is 17.7 Å². The van der Waals surface area contributed by atoms with E-state index in [4.69, 9.17) is 0 Å². The van der Waals surface area contributed by atoms with Crippen LogP contribution in [0, 0.1) is 5.92 Å². The van der Waals surface area contributed by atoms with Gasteiger partial charge in [0.05, 0.1) is 11.0 Å². The van der Waals surface area contributed by atoms with Crippen LogP contribution >= 0.6 is 0 Å². The summed E-state index contributed by atoms with van der Waals surface area (Å²) in [6.45, 7) is 10.7. The average molecular weight is 235 g/mol. The van der Waals surface area contributed by atoms with E-state index in [2.05, 4.69) is 26.1 Å². The molecule has 0 bridgehead atoms. The summed E-state index contributed by atoms with van der Waals surface area (Å²) in [5.41, 5.74) is 0. The lowest BCUT2D eigenvalue weighted by molar-refractivity contribution is 0.465. The minimum atomic E-state index is -2.86. The summed E-state index contributed by atoms with van der Waals surface area (Å²) in [7, 11) is -2.86. The molecule has 1 N–H and O–H groups in total. The van der Waals surface area contributed by atoms with Gasteiger partial charge in [-0.3, -0.25) is 0 Å². The topological polar surface area (TPSA) is 46.2 Å². The van der Waals surface area contributed by atoms with Crippen molar-refractivity contribution in [2.45, 2.75) is 52.3 Å². The van der Waals surface area contributed by atoms with Crippen LogP contribution < -0.4 is 5.32 Å². The largest absolute Gasteiger partial charge is 0.314 e. The summed E-state index contributed by atoms with van der Waals surface area (Å²) >= 11 is 0. The lowest BCUT2D eigenvalue weighted by Gasteiger charge is -2.15. The van der Waals surface area contributed by atoms with E-state index in [1.165, 1.54) is 0 Å². The SMILES string of the molecule is CC(CCS(=O)(=O)C(C)C)CNC(C)C. The Morgan fingerprint density at radius 2 is 1.60 bits per heavy atom. The molecule has 0 amide bonds. The lowest BCUT2D eigenvalue weighted by Crippen LogP contribution is -2.29. The van der Waals surface area contributed by atoms with E-state index in [-0.39, 0.29) is 5.25 Å². The highest BCUT2D eigenvalue weighted by Crippen LogP contribution is 2.08. The first-order valence-electron chi connectivity index (χ1n) is 5.70. The Hall–Kier alpha value is -0.0900. The van der Waals surface area contributed by atoms with Crippen molar-refractivity contribution in [3.05, 3.63) is 0 Å². The molecule has 0 radical (unpaired) electrons. The summed E-state index contributed by atoms with van der Waals surface area (Å²) < 4.78 is 23.1. The predicted molar refractivity (Wildman–Crippen MR) is 65.8 cm³/mol. The second-order valence-electron chi connectivity index (χ2n) is 4.87. The fraction of sp³-hybridized carbons (Fsp3) is 1.00. The fourth-order valence-electron chi connectivity index (χ4n) is 1.14. The van der Waals surface area contributed by atoms with Crippen LogP contribution in [0.4, 0.5) is 0 Å². The van der Waals surface area contributed by atoms with Crippen molar-refractivity contribution >= 4 is 9.84 Å². The normalized spacial score (nSPS) is 14.9. The van der Waals surface area contributed by atoms with Crippen LogP contribution in [-0.2, 0) is 9.84 Å². The van der Waals surface area contributed by atoms with Gasteiger partial charge >= 0.3 is 0 Å². The Balaban J connectivity index is 3.86. The van der Waals surface area contributed by atoms with Gasteiger partial charge in [-0.2, -0.15) is 0 Å². The number of hydrogen-bond donors (Lipinski definition) is 1. The van der Waals surface area contributed by atoms with Crippen molar-refractivity contribution in [3.8, 4) is 0 Å². The third-order valence-corrected chi connectivity index (χ3v) is 4.73. The summed E-state index contributed by atoms with van der Waals surface area (Å²) in [6, 6.07) is 0.467. The highest BCUT2D eigenvalue weighted by molar-refractivity contribution is 7.91. The molecule has 0 saturated heterocycles. The van der Waals surface area contributed by atoms with E-state index in [0.717, 1.165) is 13.0 Å². The first-order chi connectivity index (χ1) is 6.75. The third-order valence-electron chi connectivity index (χ3n) is 2.49. The molecule has 1 atom stereocenters. The van der Waals surface area contributed by atoms with Crippen LogP contribution in [0.15, 0.2) is 0 Å². The predicted octanol–water partition coefficient (Wildman–Crippen LogP) is 1.83. The van der Waals surface area contributed by atoms with E-state index in [1.54, 1.807) is 13.8 Å². The fourth-order valence-corrected chi connectivity index (χ4v) is 2.34. The van der Waals surface area contributed by atoms with Crippen molar-refractivity contribution in [2.75, 3.05) is 12.3 Å². The van der Waals surface area contributed by atoms with Crippen LogP contribution in [0.25, 0.3) is 0 Å². The quantitative estimate of drug-likeness (QED) is 0.732. The molecule has 0 aliphatic rings. The second-order valence-corrected chi connectivity index (χ2v) is 7.55. The summed E-state index contributed by atoms with van der Waals surface area (Å²) in [6.07, 6.45) is 0.750. The van der Waals surface area contributed by atoms with E-state index < -0.39 is 9.84 Å². The van der Waals surface area contributed by atoms with Crippen LogP contribution in [0.2, 0.25) is 0 Å². The van der Waals surface area contributed by atoms with Crippen LogP contribution in [0.1, 0.15) is 41.0 Å². The molecule has 15 heavy (non-hydrogen) atoms. The number of rotatable bonds is 7. The Morgan fingerprint density at radius 3 is 2.00 bits per heavy atom. The Kier molecular flexibility index (Phi) is 6.44. The van der Waals surface area contributed by atoms with E-state index in [9.17, 15) is 8.42 Å². The van der Waals surface area contributed by atoms with Crippen LogP contribution in [0.3, 0.4) is 0 Å². The van der Waals surface area contributed by atoms with Gasteiger partial charge in [-0.05, 0) is 32.7 Å². The van der Waals surface area contributed by atoms with Gasteiger partial charge in [-0.25, -0.2) is 8.42 Å². The molecule has 0 rings (SSSR count). The third kappa shape index (κ3) is 6.90.